The maximum atomic E-state index is 12.7. The number of Topliss-reactive ketones (excluding diaryl/α,β-unsaturated/α-hetero) is 1. The van der Waals surface area contributed by atoms with Crippen LogP contribution < -0.4 is 4.74 Å². The smallest absolute Gasteiger partial charge is 0.417 e. The molecule has 1 rings (SSSR count). The van der Waals surface area contributed by atoms with Gasteiger partial charge in [0.25, 0.3) is 0 Å². The topological polar surface area (TPSA) is 69.4 Å². The van der Waals surface area contributed by atoms with Crippen LogP contribution in [0.4, 0.5) is 18.9 Å². The van der Waals surface area contributed by atoms with E-state index in [0.717, 1.165) is 20.1 Å². The molecule has 0 aliphatic carbocycles. The van der Waals surface area contributed by atoms with Gasteiger partial charge in [-0.05, 0) is 13.0 Å². The maximum Gasteiger partial charge on any atom is 0.417 e. The van der Waals surface area contributed by atoms with Crippen LogP contribution in [0.2, 0.25) is 0 Å². The molecule has 0 amide bonds. The Bertz CT molecular complexity index is 511. The van der Waals surface area contributed by atoms with Gasteiger partial charge in [-0.1, -0.05) is 0 Å². The third-order valence-electron chi connectivity index (χ3n) is 2.20. The van der Waals surface area contributed by atoms with Gasteiger partial charge in [-0.15, -0.1) is 0 Å². The molecule has 0 heterocycles. The molecule has 8 heteroatoms. The molecule has 0 saturated carbocycles. The highest BCUT2D eigenvalue weighted by Gasteiger charge is 2.37. The number of rotatable bonds is 3. The number of benzene rings is 1. The van der Waals surface area contributed by atoms with Gasteiger partial charge >= 0.3 is 11.9 Å². The lowest BCUT2D eigenvalue weighted by Gasteiger charge is -2.12. The molecule has 0 aliphatic rings. The van der Waals surface area contributed by atoms with Crippen molar-refractivity contribution in [2.75, 3.05) is 7.11 Å². The first-order valence-electron chi connectivity index (χ1n) is 4.63. The summed E-state index contributed by atoms with van der Waals surface area (Å²) in [5.41, 5.74) is -2.85. The minimum absolute atomic E-state index is 0.301. The van der Waals surface area contributed by atoms with E-state index in [0.29, 0.717) is 6.07 Å². The summed E-state index contributed by atoms with van der Waals surface area (Å²) in [6.45, 7) is 0.940. The number of nitro groups is 1. The number of carbonyl (C=O) groups excluding carboxylic acids is 1. The number of carbonyl (C=O) groups is 1. The van der Waals surface area contributed by atoms with Gasteiger partial charge in [-0.3, -0.25) is 14.9 Å². The maximum absolute atomic E-state index is 12.7. The van der Waals surface area contributed by atoms with Gasteiger partial charge < -0.3 is 4.74 Å². The zero-order chi connectivity index (χ0) is 14.1. The average Bonchev–Trinajstić information content (AvgIpc) is 2.25. The van der Waals surface area contributed by atoms with Gasteiger partial charge in [-0.25, -0.2) is 0 Å². The summed E-state index contributed by atoms with van der Waals surface area (Å²) in [5.74, 6) is -1.24. The Hall–Kier alpha value is -2.12. The molecule has 0 atom stereocenters. The minimum Gasteiger partial charge on any atom is -0.490 e. The predicted molar refractivity (Wildman–Crippen MR) is 54.7 cm³/mol. The molecule has 0 radical (unpaired) electrons. The summed E-state index contributed by atoms with van der Waals surface area (Å²) < 4.78 is 42.6. The van der Waals surface area contributed by atoms with Gasteiger partial charge in [0.1, 0.15) is 0 Å². The largest absolute Gasteiger partial charge is 0.490 e. The number of methoxy groups -OCH3 is 1. The van der Waals surface area contributed by atoms with Crippen molar-refractivity contribution < 1.29 is 27.6 Å². The Morgan fingerprint density at radius 1 is 1.39 bits per heavy atom. The summed E-state index contributed by atoms with van der Waals surface area (Å²) in [4.78, 5) is 20.7. The van der Waals surface area contributed by atoms with Crippen molar-refractivity contribution in [3.63, 3.8) is 0 Å². The first-order chi connectivity index (χ1) is 8.18. The van der Waals surface area contributed by atoms with E-state index >= 15 is 0 Å². The van der Waals surface area contributed by atoms with Gasteiger partial charge in [0.2, 0.25) is 0 Å². The normalized spacial score (nSPS) is 11.2. The van der Waals surface area contributed by atoms with E-state index in [1.165, 1.54) is 0 Å². The van der Waals surface area contributed by atoms with E-state index in [2.05, 4.69) is 4.74 Å². The van der Waals surface area contributed by atoms with Crippen molar-refractivity contribution in [1.82, 2.24) is 0 Å². The fourth-order valence-corrected chi connectivity index (χ4v) is 1.40. The lowest BCUT2D eigenvalue weighted by Crippen LogP contribution is -2.13. The zero-order valence-corrected chi connectivity index (χ0v) is 9.37. The Kier molecular flexibility index (Phi) is 3.59. The molecule has 0 fully saturated rings. The molecule has 0 bridgehead atoms. The van der Waals surface area contributed by atoms with Gasteiger partial charge in [0, 0.05) is 11.6 Å². The van der Waals surface area contributed by atoms with Gasteiger partial charge in [0.05, 0.1) is 17.6 Å². The van der Waals surface area contributed by atoms with Crippen LogP contribution in [0.1, 0.15) is 22.8 Å². The number of hydrogen-bond acceptors (Lipinski definition) is 4. The van der Waals surface area contributed by atoms with E-state index < -0.39 is 39.4 Å². The van der Waals surface area contributed by atoms with Crippen LogP contribution in [-0.4, -0.2) is 17.8 Å². The van der Waals surface area contributed by atoms with Crippen molar-refractivity contribution in [3.05, 3.63) is 33.4 Å². The second kappa shape index (κ2) is 4.63. The third kappa shape index (κ3) is 2.58. The summed E-state index contributed by atoms with van der Waals surface area (Å²) in [6, 6.07) is 1.03. The van der Waals surface area contributed by atoms with Crippen molar-refractivity contribution in [2.24, 2.45) is 0 Å². The standard InChI is InChI=1S/C10H8F3NO4/c1-5(15)6-3-9(18-2)8(14(16)17)4-7(6)10(11,12)13/h3-4H,1-2H3. The minimum atomic E-state index is -4.85. The van der Waals surface area contributed by atoms with Gasteiger partial charge in [-0.2, -0.15) is 13.2 Å². The molecule has 1 aromatic carbocycles. The van der Waals surface area contributed by atoms with E-state index in [1.54, 1.807) is 0 Å². The van der Waals surface area contributed by atoms with Crippen LogP contribution in [0.25, 0.3) is 0 Å². The van der Waals surface area contributed by atoms with Crippen LogP contribution in [-0.2, 0) is 6.18 Å². The van der Waals surface area contributed by atoms with Crippen molar-refractivity contribution in [3.8, 4) is 5.75 Å². The summed E-state index contributed by atoms with van der Waals surface area (Å²) in [7, 11) is 1.07. The highest BCUT2D eigenvalue weighted by molar-refractivity contribution is 5.96. The third-order valence-corrected chi connectivity index (χ3v) is 2.20. The lowest BCUT2D eigenvalue weighted by molar-refractivity contribution is -0.386. The van der Waals surface area contributed by atoms with Crippen LogP contribution in [0, 0.1) is 10.1 Å². The van der Waals surface area contributed by atoms with Crippen molar-refractivity contribution in [2.45, 2.75) is 13.1 Å². The molecule has 98 valence electrons. The SMILES string of the molecule is COc1cc(C(C)=O)c(C(F)(F)F)cc1[N+](=O)[O-]. The first-order valence-corrected chi connectivity index (χ1v) is 4.63. The molecule has 18 heavy (non-hydrogen) atoms. The molecular weight excluding hydrogens is 255 g/mol. The van der Waals surface area contributed by atoms with Crippen molar-refractivity contribution >= 4 is 11.5 Å². The van der Waals surface area contributed by atoms with E-state index in [9.17, 15) is 28.1 Å². The number of alkyl halides is 3. The Labute approximate surface area is 99.3 Å². The predicted octanol–water partition coefficient (Wildman–Crippen LogP) is 2.82. The molecule has 1 aromatic rings. The summed E-state index contributed by atoms with van der Waals surface area (Å²) >= 11 is 0. The molecule has 0 unspecified atom stereocenters. The second-order valence-corrected chi connectivity index (χ2v) is 3.38. The number of ketones is 1. The second-order valence-electron chi connectivity index (χ2n) is 3.38. The zero-order valence-electron chi connectivity index (χ0n) is 9.37. The molecule has 0 spiro atoms. The Morgan fingerprint density at radius 2 is 1.94 bits per heavy atom. The van der Waals surface area contributed by atoms with Crippen LogP contribution >= 0.6 is 0 Å². The summed E-state index contributed by atoms with van der Waals surface area (Å²) in [6.07, 6.45) is -4.85. The molecule has 0 N–H and O–H groups in total. The molecular formula is C10H8F3NO4. The monoisotopic (exact) mass is 263 g/mol. The van der Waals surface area contributed by atoms with Crippen LogP contribution in [0.15, 0.2) is 12.1 Å². The number of hydrogen-bond donors (Lipinski definition) is 0. The molecule has 5 nitrogen and oxygen atoms in total. The Morgan fingerprint density at radius 3 is 2.28 bits per heavy atom. The van der Waals surface area contributed by atoms with E-state index in [4.69, 9.17) is 0 Å². The molecule has 0 saturated heterocycles. The fourth-order valence-electron chi connectivity index (χ4n) is 1.40. The van der Waals surface area contributed by atoms with E-state index in [-0.39, 0.29) is 0 Å². The first kappa shape index (κ1) is 13.9. The van der Waals surface area contributed by atoms with Crippen molar-refractivity contribution in [1.29, 1.82) is 0 Å². The highest BCUT2D eigenvalue weighted by atomic mass is 19.4. The van der Waals surface area contributed by atoms with Crippen LogP contribution in [0.5, 0.6) is 5.75 Å². The van der Waals surface area contributed by atoms with Crippen LogP contribution in [0.3, 0.4) is 0 Å². The number of nitro benzene ring substituents is 1. The average molecular weight is 263 g/mol. The number of nitrogens with zero attached hydrogens (tertiary/aromatic N) is 1. The summed E-state index contributed by atoms with van der Waals surface area (Å²) in [5, 5.41) is 10.6. The van der Waals surface area contributed by atoms with Gasteiger partial charge in [0.15, 0.2) is 11.5 Å². The highest BCUT2D eigenvalue weighted by Crippen LogP contribution is 2.39. The molecule has 0 aromatic heterocycles. The fraction of sp³-hybridized carbons (Fsp3) is 0.300. The van der Waals surface area contributed by atoms with E-state index in [1.807, 2.05) is 0 Å². The number of halogens is 3. The molecule has 0 aliphatic heterocycles. The lowest BCUT2D eigenvalue weighted by atomic mass is 10.0. The Balaban J connectivity index is 3.63. The quantitative estimate of drug-likeness (QED) is 0.477. The number of ether oxygens (including phenoxy) is 1.